The molecule has 0 spiro atoms. The number of carbonyl (C=O) groups excluding carboxylic acids is 1. The number of hydrogen-bond donors (Lipinski definition) is 2. The van der Waals surface area contributed by atoms with Crippen LogP contribution in [0.25, 0.3) is 0 Å². The Balaban J connectivity index is 1.75. The van der Waals surface area contributed by atoms with E-state index in [0.717, 1.165) is 38.9 Å². The molecule has 0 aromatic rings. The third-order valence-electron chi connectivity index (χ3n) is 4.16. The van der Waals surface area contributed by atoms with Crippen molar-refractivity contribution >= 4 is 5.91 Å². The van der Waals surface area contributed by atoms with Crippen LogP contribution in [0.2, 0.25) is 0 Å². The van der Waals surface area contributed by atoms with Crippen molar-refractivity contribution in [3.8, 4) is 0 Å². The van der Waals surface area contributed by atoms with E-state index in [2.05, 4.69) is 12.2 Å². The van der Waals surface area contributed by atoms with Crippen LogP contribution in [0.4, 0.5) is 0 Å². The molecular formula is C14H26N2O3. The number of aliphatic hydroxyl groups excluding tert-OH is 1. The van der Waals surface area contributed by atoms with Crippen LogP contribution >= 0.6 is 0 Å². The van der Waals surface area contributed by atoms with Gasteiger partial charge in [-0.2, -0.15) is 0 Å². The lowest BCUT2D eigenvalue weighted by Crippen LogP contribution is -2.52. The van der Waals surface area contributed by atoms with Gasteiger partial charge in [-0.1, -0.05) is 6.92 Å². The predicted octanol–water partition coefficient (Wildman–Crippen LogP) is 0.374. The Bertz CT molecular complexity index is 290. The standard InChI is InChI=1S/C14H26N2O3/c1-11-2-5-15-13(10-11)14(18)16-6-3-12(4-7-16)19-9-8-17/h11-13,15,17H,2-10H2,1H3. The van der Waals surface area contributed by atoms with Gasteiger partial charge in [0, 0.05) is 13.1 Å². The van der Waals surface area contributed by atoms with Crippen molar-refractivity contribution in [2.75, 3.05) is 32.8 Å². The number of piperidine rings is 2. The minimum absolute atomic E-state index is 0.0126. The van der Waals surface area contributed by atoms with Crippen molar-refractivity contribution in [3.05, 3.63) is 0 Å². The second-order valence-corrected chi connectivity index (χ2v) is 5.76. The molecule has 0 aromatic carbocycles. The highest BCUT2D eigenvalue weighted by Gasteiger charge is 2.30. The van der Waals surface area contributed by atoms with E-state index in [1.54, 1.807) is 0 Å². The van der Waals surface area contributed by atoms with E-state index in [9.17, 15) is 4.79 Å². The van der Waals surface area contributed by atoms with E-state index in [4.69, 9.17) is 9.84 Å². The quantitative estimate of drug-likeness (QED) is 0.775. The molecule has 2 aliphatic heterocycles. The van der Waals surface area contributed by atoms with Crippen molar-refractivity contribution in [3.63, 3.8) is 0 Å². The highest BCUT2D eigenvalue weighted by molar-refractivity contribution is 5.82. The lowest BCUT2D eigenvalue weighted by molar-refractivity contribution is -0.137. The number of ether oxygens (including phenoxy) is 1. The Kier molecular flexibility index (Phi) is 5.60. The van der Waals surface area contributed by atoms with Gasteiger partial charge < -0.3 is 20.1 Å². The molecule has 2 aliphatic rings. The van der Waals surface area contributed by atoms with E-state index in [-0.39, 0.29) is 24.7 Å². The average Bonchev–Trinajstić information content (AvgIpc) is 2.45. The van der Waals surface area contributed by atoms with Gasteiger partial charge in [0.05, 0.1) is 25.4 Å². The lowest BCUT2D eigenvalue weighted by atomic mass is 9.93. The molecule has 2 heterocycles. The molecule has 1 amide bonds. The van der Waals surface area contributed by atoms with Crippen LogP contribution in [0.1, 0.15) is 32.6 Å². The molecule has 0 aliphatic carbocycles. The maximum Gasteiger partial charge on any atom is 0.239 e. The Hall–Kier alpha value is -0.650. The number of hydrogen-bond acceptors (Lipinski definition) is 4. The van der Waals surface area contributed by atoms with Crippen molar-refractivity contribution in [1.82, 2.24) is 10.2 Å². The molecule has 0 aromatic heterocycles. The van der Waals surface area contributed by atoms with Crippen LogP contribution in [-0.2, 0) is 9.53 Å². The smallest absolute Gasteiger partial charge is 0.239 e. The SMILES string of the molecule is CC1CCNC(C(=O)N2CCC(OCCO)CC2)C1. The van der Waals surface area contributed by atoms with Crippen LogP contribution in [0.3, 0.4) is 0 Å². The molecule has 2 unspecified atom stereocenters. The van der Waals surface area contributed by atoms with Crippen molar-refractivity contribution in [2.45, 2.75) is 44.8 Å². The van der Waals surface area contributed by atoms with Gasteiger partial charge in [0.25, 0.3) is 0 Å². The minimum Gasteiger partial charge on any atom is -0.394 e. The van der Waals surface area contributed by atoms with E-state index >= 15 is 0 Å². The number of likely N-dealkylation sites (tertiary alicyclic amines) is 1. The maximum atomic E-state index is 12.4. The normalized spacial score (nSPS) is 29.5. The fourth-order valence-electron chi connectivity index (χ4n) is 2.98. The highest BCUT2D eigenvalue weighted by atomic mass is 16.5. The second kappa shape index (κ2) is 7.22. The summed E-state index contributed by atoms with van der Waals surface area (Å²) in [4.78, 5) is 14.4. The third-order valence-corrected chi connectivity index (χ3v) is 4.16. The summed E-state index contributed by atoms with van der Waals surface area (Å²) >= 11 is 0. The summed E-state index contributed by atoms with van der Waals surface area (Å²) in [5.74, 6) is 0.896. The Morgan fingerprint density at radius 1 is 1.37 bits per heavy atom. The maximum absolute atomic E-state index is 12.4. The first-order valence-electron chi connectivity index (χ1n) is 7.45. The van der Waals surface area contributed by atoms with E-state index < -0.39 is 0 Å². The summed E-state index contributed by atoms with van der Waals surface area (Å²) in [6, 6.07) is 0.0126. The third kappa shape index (κ3) is 4.16. The zero-order chi connectivity index (χ0) is 13.7. The number of carbonyl (C=O) groups is 1. The van der Waals surface area contributed by atoms with E-state index in [0.29, 0.717) is 12.5 Å². The first-order chi connectivity index (χ1) is 9.20. The molecule has 0 radical (unpaired) electrons. The highest BCUT2D eigenvalue weighted by Crippen LogP contribution is 2.19. The molecule has 110 valence electrons. The van der Waals surface area contributed by atoms with Gasteiger partial charge in [0.2, 0.25) is 5.91 Å². The van der Waals surface area contributed by atoms with Gasteiger partial charge in [-0.15, -0.1) is 0 Å². The fraction of sp³-hybridized carbons (Fsp3) is 0.929. The van der Waals surface area contributed by atoms with Gasteiger partial charge in [-0.25, -0.2) is 0 Å². The molecule has 2 fully saturated rings. The molecule has 0 bridgehead atoms. The molecule has 2 saturated heterocycles. The topological polar surface area (TPSA) is 61.8 Å². The summed E-state index contributed by atoms with van der Waals surface area (Å²) in [5.41, 5.74) is 0. The number of nitrogens with zero attached hydrogens (tertiary/aromatic N) is 1. The minimum atomic E-state index is 0.0126. The van der Waals surface area contributed by atoms with Gasteiger partial charge >= 0.3 is 0 Å². The van der Waals surface area contributed by atoms with Gasteiger partial charge in [0.1, 0.15) is 0 Å². The molecule has 19 heavy (non-hydrogen) atoms. The van der Waals surface area contributed by atoms with Gasteiger partial charge in [-0.05, 0) is 38.1 Å². The summed E-state index contributed by atoms with van der Waals surface area (Å²) in [7, 11) is 0. The largest absolute Gasteiger partial charge is 0.394 e. The molecule has 0 saturated carbocycles. The van der Waals surface area contributed by atoms with Crippen LogP contribution in [0.15, 0.2) is 0 Å². The molecule has 2 atom stereocenters. The molecule has 2 rings (SSSR count). The van der Waals surface area contributed by atoms with Crippen molar-refractivity contribution < 1.29 is 14.6 Å². The second-order valence-electron chi connectivity index (χ2n) is 5.76. The summed E-state index contributed by atoms with van der Waals surface area (Å²) in [5, 5.41) is 12.1. The average molecular weight is 270 g/mol. The molecule has 5 heteroatoms. The summed E-state index contributed by atoms with van der Waals surface area (Å²) < 4.78 is 5.52. The number of aliphatic hydroxyl groups is 1. The number of nitrogens with one attached hydrogen (secondary N) is 1. The van der Waals surface area contributed by atoms with Gasteiger partial charge in [0.15, 0.2) is 0 Å². The molecule has 5 nitrogen and oxygen atoms in total. The van der Waals surface area contributed by atoms with E-state index in [1.807, 2.05) is 4.90 Å². The van der Waals surface area contributed by atoms with Crippen LogP contribution in [0.5, 0.6) is 0 Å². The molecular weight excluding hydrogens is 244 g/mol. The van der Waals surface area contributed by atoms with Gasteiger partial charge in [-0.3, -0.25) is 4.79 Å². The summed E-state index contributed by atoms with van der Waals surface area (Å²) in [6.07, 6.45) is 4.09. The lowest BCUT2D eigenvalue weighted by Gasteiger charge is -2.36. The van der Waals surface area contributed by atoms with Crippen molar-refractivity contribution in [1.29, 1.82) is 0 Å². The monoisotopic (exact) mass is 270 g/mol. The number of rotatable bonds is 4. The fourth-order valence-corrected chi connectivity index (χ4v) is 2.98. The predicted molar refractivity (Wildman–Crippen MR) is 72.8 cm³/mol. The van der Waals surface area contributed by atoms with Crippen LogP contribution in [-0.4, -0.2) is 60.9 Å². The summed E-state index contributed by atoms with van der Waals surface area (Å²) in [6.45, 7) is 5.20. The first kappa shape index (κ1) is 14.8. The van der Waals surface area contributed by atoms with E-state index in [1.165, 1.54) is 6.42 Å². The Labute approximate surface area is 115 Å². The zero-order valence-electron chi connectivity index (χ0n) is 11.8. The zero-order valence-corrected chi connectivity index (χ0v) is 11.8. The Morgan fingerprint density at radius 3 is 2.74 bits per heavy atom. The Morgan fingerprint density at radius 2 is 2.11 bits per heavy atom. The van der Waals surface area contributed by atoms with Crippen LogP contribution in [0, 0.1) is 5.92 Å². The molecule has 2 N–H and O–H groups in total. The first-order valence-corrected chi connectivity index (χ1v) is 7.45. The number of amides is 1. The van der Waals surface area contributed by atoms with Crippen LogP contribution < -0.4 is 5.32 Å². The van der Waals surface area contributed by atoms with Crippen molar-refractivity contribution in [2.24, 2.45) is 5.92 Å².